The van der Waals surface area contributed by atoms with E-state index in [-0.39, 0.29) is 0 Å². The van der Waals surface area contributed by atoms with Crippen LogP contribution < -0.4 is 0 Å². The Kier molecular flexibility index (Phi) is 18.1. The van der Waals surface area contributed by atoms with Gasteiger partial charge in [-0.1, -0.05) is 40.5 Å². The van der Waals surface area contributed by atoms with Crippen molar-refractivity contribution in [2.75, 3.05) is 15.9 Å². The van der Waals surface area contributed by atoms with Gasteiger partial charge in [0, 0.05) is 0 Å². The van der Waals surface area contributed by atoms with Gasteiger partial charge in [0.1, 0.15) is 0 Å². The molecule has 16 heavy (non-hydrogen) atoms. The van der Waals surface area contributed by atoms with Gasteiger partial charge in [-0.2, -0.15) is 0 Å². The third-order valence-electron chi connectivity index (χ3n) is 2.27. The third kappa shape index (κ3) is 10.9. The summed E-state index contributed by atoms with van der Waals surface area (Å²) in [6, 6.07) is 0. The van der Waals surface area contributed by atoms with Crippen molar-refractivity contribution >= 4 is 23.5 Å². The molecule has 0 spiro atoms. The van der Waals surface area contributed by atoms with Crippen LogP contribution in [0.15, 0.2) is 4.99 Å². The van der Waals surface area contributed by atoms with Crippen LogP contribution in [0.3, 0.4) is 0 Å². The summed E-state index contributed by atoms with van der Waals surface area (Å²) in [6.45, 7) is 11.7. The molecule has 0 amide bonds. The van der Waals surface area contributed by atoms with Crippen LogP contribution in [0.4, 0.5) is 0 Å². The molecule has 0 N–H and O–H groups in total. The average Bonchev–Trinajstić information content (AvgIpc) is 2.56. The first-order chi connectivity index (χ1) is 7.76. The molecule has 0 aliphatic carbocycles. The van der Waals surface area contributed by atoms with Gasteiger partial charge in [-0.05, 0) is 0 Å². The molecule has 0 aromatic carbocycles. The van der Waals surface area contributed by atoms with Crippen molar-refractivity contribution in [2.24, 2.45) is 4.99 Å². The zero-order chi connectivity index (χ0) is 12.8. The van der Waals surface area contributed by atoms with Crippen molar-refractivity contribution in [1.29, 1.82) is 0 Å². The fourth-order valence-corrected chi connectivity index (χ4v) is 5.59. The van der Waals surface area contributed by atoms with Gasteiger partial charge in [-0.15, -0.1) is 0 Å². The number of nitrogens with zero attached hydrogens (tertiary/aromatic N) is 1. The Morgan fingerprint density at radius 1 is 1.06 bits per heavy atom. The number of hydrogen-bond donors (Lipinski definition) is 0. The largest absolute Gasteiger partial charge is 0.0654 e. The summed E-state index contributed by atoms with van der Waals surface area (Å²) in [7, 11) is 0. The van der Waals surface area contributed by atoms with Crippen molar-refractivity contribution in [3.05, 3.63) is 0 Å². The van der Waals surface area contributed by atoms with Crippen LogP contribution in [0.1, 0.15) is 66.7 Å². The Labute approximate surface area is 111 Å². The summed E-state index contributed by atoms with van der Waals surface area (Å²) < 4.78 is 3.11. The van der Waals surface area contributed by atoms with Crippen LogP contribution in [0.25, 0.3) is 0 Å². The minimum atomic E-state index is -0.666. The molecular weight excluding hydrogens is 309 g/mol. The molecule has 0 fully saturated rings. The number of unbranched alkanes of at least 4 members (excludes halogenated alkanes) is 1. The molecule has 1 aliphatic rings. The van der Waals surface area contributed by atoms with E-state index < -0.39 is 19.8 Å². The minimum absolute atomic E-state index is 0.666. The molecule has 1 aliphatic heterocycles. The second kappa shape index (κ2) is 15.4. The summed E-state index contributed by atoms with van der Waals surface area (Å²) in [4.78, 5) is 7.06. The van der Waals surface area contributed by atoms with Gasteiger partial charge >= 0.3 is 70.6 Å². The Hall–Kier alpha value is 0.400. The van der Waals surface area contributed by atoms with Crippen LogP contribution in [0.5, 0.6) is 0 Å². The van der Waals surface area contributed by atoms with Gasteiger partial charge in [0.25, 0.3) is 0 Å². The maximum atomic E-state index is 4.61. The summed E-state index contributed by atoms with van der Waals surface area (Å²) in [5, 5.41) is 0. The van der Waals surface area contributed by atoms with Crippen molar-refractivity contribution in [1.82, 2.24) is 0 Å². The molecule has 0 unspecified atom stereocenters. The van der Waals surface area contributed by atoms with Crippen LogP contribution >= 0.6 is 19.8 Å². The molecular formula is C14H32IN. The van der Waals surface area contributed by atoms with Gasteiger partial charge in [0.2, 0.25) is 0 Å². The van der Waals surface area contributed by atoms with Gasteiger partial charge < -0.3 is 0 Å². The number of rotatable bonds is 2. The normalized spacial score (nSPS) is 17.1. The number of hydrogen-bond acceptors (Lipinski definition) is 1. The van der Waals surface area contributed by atoms with E-state index in [1.807, 2.05) is 13.8 Å². The first-order valence-electron chi connectivity index (χ1n) is 6.85. The molecule has 0 saturated heterocycles. The third-order valence-corrected chi connectivity index (χ3v) is 7.88. The SMILES string of the molecule is CC.CCC1=NCCCCI1C.CCCC. The maximum Gasteiger partial charge on any atom is -0.0564 e. The van der Waals surface area contributed by atoms with Gasteiger partial charge in [0.05, 0.1) is 0 Å². The zero-order valence-corrected chi connectivity index (χ0v) is 14.4. The fourth-order valence-electron chi connectivity index (χ4n) is 1.16. The Bertz CT molecular complexity index is 153. The summed E-state index contributed by atoms with van der Waals surface area (Å²) in [5.41, 5.74) is 0. The molecule has 2 heteroatoms. The number of alkyl halides is 2. The smallest absolute Gasteiger partial charge is 0.0564 e. The molecule has 1 rings (SSSR count). The fraction of sp³-hybridized carbons (Fsp3) is 0.929. The first kappa shape index (κ1) is 18.8. The predicted molar refractivity (Wildman–Crippen MR) is 88.6 cm³/mol. The topological polar surface area (TPSA) is 12.4 Å². The Balaban J connectivity index is 0. The van der Waals surface area contributed by atoms with Crippen LogP contribution in [0.2, 0.25) is 0 Å². The molecule has 0 bridgehead atoms. The van der Waals surface area contributed by atoms with E-state index in [9.17, 15) is 0 Å². The van der Waals surface area contributed by atoms with Crippen LogP contribution in [-0.2, 0) is 0 Å². The van der Waals surface area contributed by atoms with E-state index in [1.54, 1.807) is 3.72 Å². The van der Waals surface area contributed by atoms with Crippen molar-refractivity contribution in [3.8, 4) is 0 Å². The van der Waals surface area contributed by atoms with E-state index in [0.717, 1.165) is 6.54 Å². The second-order valence-corrected chi connectivity index (χ2v) is 9.29. The van der Waals surface area contributed by atoms with Gasteiger partial charge in [0.15, 0.2) is 0 Å². The van der Waals surface area contributed by atoms with Crippen LogP contribution in [0, 0.1) is 0 Å². The molecule has 1 heterocycles. The van der Waals surface area contributed by atoms with Crippen LogP contribution in [-0.4, -0.2) is 19.6 Å². The quantitative estimate of drug-likeness (QED) is 0.461. The summed E-state index contributed by atoms with van der Waals surface area (Å²) in [5.74, 6) is 0. The predicted octanol–water partition coefficient (Wildman–Crippen LogP) is 5.56. The van der Waals surface area contributed by atoms with Gasteiger partial charge in [-0.3, -0.25) is 0 Å². The molecule has 100 valence electrons. The average molecular weight is 341 g/mol. The number of halogens is 1. The Morgan fingerprint density at radius 2 is 1.62 bits per heavy atom. The van der Waals surface area contributed by atoms with E-state index in [0.29, 0.717) is 0 Å². The van der Waals surface area contributed by atoms with Crippen molar-refractivity contribution < 1.29 is 0 Å². The number of aliphatic imine (C=N–C) groups is 1. The second-order valence-electron chi connectivity index (χ2n) is 3.60. The first-order valence-corrected chi connectivity index (χ1v) is 11.6. The molecule has 0 saturated carbocycles. The molecule has 0 atom stereocenters. The summed E-state index contributed by atoms with van der Waals surface area (Å²) >= 11 is -0.666. The molecule has 0 radical (unpaired) electrons. The zero-order valence-electron chi connectivity index (χ0n) is 12.3. The summed E-state index contributed by atoms with van der Waals surface area (Å²) in [6.07, 6.45) is 6.64. The van der Waals surface area contributed by atoms with E-state index >= 15 is 0 Å². The minimum Gasteiger partial charge on any atom is -0.0654 e. The Morgan fingerprint density at radius 3 is 2.06 bits per heavy atom. The van der Waals surface area contributed by atoms with E-state index in [1.165, 1.54) is 36.5 Å². The van der Waals surface area contributed by atoms with Gasteiger partial charge in [-0.25, -0.2) is 0 Å². The molecule has 0 aromatic heterocycles. The van der Waals surface area contributed by atoms with E-state index in [4.69, 9.17) is 0 Å². The molecule has 0 aromatic rings. The van der Waals surface area contributed by atoms with Crippen molar-refractivity contribution in [2.45, 2.75) is 66.7 Å². The van der Waals surface area contributed by atoms with Crippen molar-refractivity contribution in [3.63, 3.8) is 0 Å². The van der Waals surface area contributed by atoms with E-state index in [2.05, 4.69) is 30.7 Å². The standard InChI is InChI=1S/C8H16IN.C4H10.C2H6/c1-3-8-9(2)6-4-5-7-10-8;1-3-4-2;1-2/h3-7H2,1-2H3;3-4H2,1-2H3;1-2H3. The maximum absolute atomic E-state index is 4.61. The monoisotopic (exact) mass is 341 g/mol. The molecule has 1 nitrogen and oxygen atoms in total.